The molecule has 0 bridgehead atoms. The third kappa shape index (κ3) is 3.89. The van der Waals surface area contributed by atoms with Crippen LogP contribution in [0.5, 0.6) is 0 Å². The minimum absolute atomic E-state index is 0.00875. The Balaban J connectivity index is 1.76. The molecular weight excluding hydrogens is 320 g/mol. The predicted octanol–water partition coefficient (Wildman–Crippen LogP) is 3.38. The lowest BCUT2D eigenvalue weighted by atomic mass is 10.1. The molecule has 0 saturated carbocycles. The van der Waals surface area contributed by atoms with Crippen LogP contribution in [0.25, 0.3) is 11.0 Å². The number of aliphatic imine (C=N–C) groups is 1. The summed E-state index contributed by atoms with van der Waals surface area (Å²) in [4.78, 5) is 26.8. The monoisotopic (exact) mass is 336 g/mol. The van der Waals surface area contributed by atoms with Crippen molar-refractivity contribution in [2.24, 2.45) is 15.9 Å². The van der Waals surface area contributed by atoms with Crippen LogP contribution < -0.4 is 11.1 Å². The molecule has 126 valence electrons. The molecule has 2 aromatic carbocycles. The number of guanidine groups is 1. The quantitative estimate of drug-likeness (QED) is 0.432. The molecule has 3 aromatic rings. The Morgan fingerprint density at radius 3 is 2.84 bits per heavy atom. The number of furan rings is 1. The van der Waals surface area contributed by atoms with Crippen molar-refractivity contribution in [3.8, 4) is 0 Å². The standard InChI is InChI=1S/C18H16N4O3/c1-11-7-14-9-15(5-6-16(14)25-11)21-18(19)22-17(23)13-4-2-3-12(8-13)10-20-24/h2-9H,10H2,1H3,(H3,19,21,22,23). The SMILES string of the molecule is Cc1cc2cc(N=C(N)NC(=O)c3cccc(CN=O)c3)ccc2o1. The smallest absolute Gasteiger partial charge is 0.257 e. The van der Waals surface area contributed by atoms with Gasteiger partial charge in [0, 0.05) is 10.9 Å². The van der Waals surface area contributed by atoms with Crippen LogP contribution in [0.1, 0.15) is 21.7 Å². The third-order valence-corrected chi connectivity index (χ3v) is 3.55. The van der Waals surface area contributed by atoms with Crippen molar-refractivity contribution in [2.45, 2.75) is 13.5 Å². The van der Waals surface area contributed by atoms with Gasteiger partial charge in [-0.05, 0) is 48.9 Å². The van der Waals surface area contributed by atoms with Gasteiger partial charge in [0.1, 0.15) is 17.9 Å². The van der Waals surface area contributed by atoms with Crippen molar-refractivity contribution >= 4 is 28.5 Å². The maximum absolute atomic E-state index is 12.2. The Bertz CT molecular complexity index is 975. The highest BCUT2D eigenvalue weighted by Gasteiger charge is 2.08. The molecule has 7 heteroatoms. The average molecular weight is 336 g/mol. The van der Waals surface area contributed by atoms with Crippen molar-refractivity contribution in [2.75, 3.05) is 0 Å². The molecule has 3 N–H and O–H groups in total. The Morgan fingerprint density at radius 1 is 1.20 bits per heavy atom. The fraction of sp³-hybridized carbons (Fsp3) is 0.111. The van der Waals surface area contributed by atoms with Crippen molar-refractivity contribution in [1.29, 1.82) is 0 Å². The van der Waals surface area contributed by atoms with Gasteiger partial charge in [0.25, 0.3) is 5.91 Å². The molecule has 3 rings (SSSR count). The lowest BCUT2D eigenvalue weighted by Gasteiger charge is -2.05. The van der Waals surface area contributed by atoms with Crippen LogP contribution in [0.15, 0.2) is 63.1 Å². The number of nitrogens with two attached hydrogens (primary N) is 1. The number of carbonyl (C=O) groups excluding carboxylic acids is 1. The Hall–Kier alpha value is -3.48. The summed E-state index contributed by atoms with van der Waals surface area (Å²) in [6.45, 7) is 1.88. The van der Waals surface area contributed by atoms with Crippen molar-refractivity contribution < 1.29 is 9.21 Å². The molecule has 0 fully saturated rings. The van der Waals surface area contributed by atoms with Crippen LogP contribution in [0.2, 0.25) is 0 Å². The van der Waals surface area contributed by atoms with Crippen molar-refractivity contribution in [3.63, 3.8) is 0 Å². The summed E-state index contributed by atoms with van der Waals surface area (Å²) in [6, 6.07) is 13.9. The number of benzene rings is 2. The molecule has 0 saturated heterocycles. The second-order valence-electron chi connectivity index (χ2n) is 5.52. The number of hydrogen-bond acceptors (Lipinski definition) is 5. The summed E-state index contributed by atoms with van der Waals surface area (Å²) in [5.74, 6) is 0.375. The zero-order valence-corrected chi connectivity index (χ0v) is 13.5. The van der Waals surface area contributed by atoms with Crippen molar-refractivity contribution in [1.82, 2.24) is 5.32 Å². The maximum atomic E-state index is 12.2. The zero-order valence-electron chi connectivity index (χ0n) is 13.5. The van der Waals surface area contributed by atoms with E-state index in [1.165, 1.54) is 0 Å². The van der Waals surface area contributed by atoms with Gasteiger partial charge in [0.2, 0.25) is 5.96 Å². The molecular formula is C18H16N4O3. The molecule has 0 aliphatic carbocycles. The Labute approximate surface area is 143 Å². The van der Waals surface area contributed by atoms with Crippen LogP contribution in [0, 0.1) is 11.8 Å². The highest BCUT2D eigenvalue weighted by atomic mass is 16.3. The molecule has 0 aliphatic heterocycles. The maximum Gasteiger partial charge on any atom is 0.257 e. The largest absolute Gasteiger partial charge is 0.461 e. The summed E-state index contributed by atoms with van der Waals surface area (Å²) in [5, 5.41) is 6.25. The Kier molecular flexibility index (Phi) is 4.56. The molecule has 0 atom stereocenters. The van der Waals surface area contributed by atoms with E-state index in [9.17, 15) is 9.70 Å². The van der Waals surface area contributed by atoms with Crippen LogP contribution >= 0.6 is 0 Å². The van der Waals surface area contributed by atoms with Gasteiger partial charge in [0.05, 0.1) is 5.69 Å². The zero-order chi connectivity index (χ0) is 17.8. The number of amides is 1. The minimum atomic E-state index is -0.408. The molecule has 1 heterocycles. The Morgan fingerprint density at radius 2 is 2.04 bits per heavy atom. The molecule has 25 heavy (non-hydrogen) atoms. The van der Waals surface area contributed by atoms with Crippen molar-refractivity contribution in [3.05, 3.63) is 70.3 Å². The van der Waals surface area contributed by atoms with E-state index >= 15 is 0 Å². The van der Waals surface area contributed by atoms with E-state index in [0.29, 0.717) is 16.8 Å². The summed E-state index contributed by atoms with van der Waals surface area (Å²) in [6.07, 6.45) is 0. The first-order valence-corrected chi connectivity index (χ1v) is 7.59. The van der Waals surface area contributed by atoms with Gasteiger partial charge in [-0.15, -0.1) is 0 Å². The van der Waals surface area contributed by atoms with Gasteiger partial charge in [0.15, 0.2) is 0 Å². The highest BCUT2D eigenvalue weighted by molar-refractivity contribution is 6.06. The summed E-state index contributed by atoms with van der Waals surface area (Å²) in [7, 11) is 0. The minimum Gasteiger partial charge on any atom is -0.461 e. The number of rotatable bonds is 4. The topological polar surface area (TPSA) is 110 Å². The van der Waals surface area contributed by atoms with Gasteiger partial charge in [-0.2, -0.15) is 4.91 Å². The molecule has 1 amide bonds. The lowest BCUT2D eigenvalue weighted by molar-refractivity contribution is 0.0976. The van der Waals surface area contributed by atoms with Crippen LogP contribution in [0.4, 0.5) is 5.69 Å². The van der Waals surface area contributed by atoms with Crippen LogP contribution in [-0.2, 0) is 6.54 Å². The third-order valence-electron chi connectivity index (χ3n) is 3.55. The fourth-order valence-corrected chi connectivity index (χ4v) is 2.47. The van der Waals surface area contributed by atoms with Gasteiger partial charge in [-0.25, -0.2) is 4.99 Å². The van der Waals surface area contributed by atoms with Gasteiger partial charge in [-0.3, -0.25) is 10.1 Å². The number of nitrogens with one attached hydrogen (secondary N) is 1. The number of hydrogen-bond donors (Lipinski definition) is 2. The van der Waals surface area contributed by atoms with Gasteiger partial charge >= 0.3 is 0 Å². The highest BCUT2D eigenvalue weighted by Crippen LogP contribution is 2.24. The normalized spacial score (nSPS) is 11.5. The molecule has 1 aromatic heterocycles. The second kappa shape index (κ2) is 6.96. The van der Waals surface area contributed by atoms with E-state index in [2.05, 4.69) is 15.5 Å². The van der Waals surface area contributed by atoms with E-state index in [1.807, 2.05) is 19.1 Å². The fourth-order valence-electron chi connectivity index (χ4n) is 2.47. The molecule has 7 nitrogen and oxygen atoms in total. The average Bonchev–Trinajstić information content (AvgIpc) is 2.94. The number of carbonyl (C=O) groups is 1. The molecule has 0 radical (unpaired) electrons. The number of nitroso groups, excluding NO2 is 1. The summed E-state index contributed by atoms with van der Waals surface area (Å²) >= 11 is 0. The van der Waals surface area contributed by atoms with E-state index in [1.54, 1.807) is 36.4 Å². The summed E-state index contributed by atoms with van der Waals surface area (Å²) in [5.41, 5.74) is 8.21. The number of fused-ring (bicyclic) bond motifs is 1. The van der Waals surface area contributed by atoms with E-state index in [0.717, 1.165) is 16.7 Å². The number of aryl methyl sites for hydroxylation is 1. The molecule has 0 unspecified atom stereocenters. The van der Waals surface area contributed by atoms with Gasteiger partial charge < -0.3 is 10.2 Å². The first-order valence-electron chi connectivity index (χ1n) is 7.59. The van der Waals surface area contributed by atoms with E-state index in [4.69, 9.17) is 10.2 Å². The van der Waals surface area contributed by atoms with Crippen LogP contribution in [-0.4, -0.2) is 11.9 Å². The second-order valence-corrected chi connectivity index (χ2v) is 5.52. The summed E-state index contributed by atoms with van der Waals surface area (Å²) < 4.78 is 5.50. The first-order chi connectivity index (χ1) is 12.0. The van der Waals surface area contributed by atoms with Gasteiger partial charge in [-0.1, -0.05) is 17.3 Å². The molecule has 0 spiro atoms. The predicted molar refractivity (Wildman–Crippen MR) is 95.6 cm³/mol. The van der Waals surface area contributed by atoms with E-state index in [-0.39, 0.29) is 12.5 Å². The lowest BCUT2D eigenvalue weighted by Crippen LogP contribution is -2.36. The van der Waals surface area contributed by atoms with Crippen LogP contribution in [0.3, 0.4) is 0 Å². The van der Waals surface area contributed by atoms with E-state index < -0.39 is 5.91 Å². The number of nitrogens with zero attached hydrogens (tertiary/aromatic N) is 2. The molecule has 0 aliphatic rings. The first kappa shape index (κ1) is 16.4.